The van der Waals surface area contributed by atoms with Gasteiger partial charge in [0.1, 0.15) is 29.9 Å². The van der Waals surface area contributed by atoms with Crippen LogP contribution >= 0.6 is 23.5 Å². The molecule has 3 aliphatic rings. The highest BCUT2D eigenvalue weighted by Crippen LogP contribution is 2.35. The first-order valence-electron chi connectivity index (χ1n) is 14.4. The third-order valence-electron chi connectivity index (χ3n) is 8.61. The van der Waals surface area contributed by atoms with Gasteiger partial charge in [-0.1, -0.05) is 32.4 Å². The van der Waals surface area contributed by atoms with Crippen molar-refractivity contribution in [1.82, 2.24) is 15.5 Å². The summed E-state index contributed by atoms with van der Waals surface area (Å²) >= 11 is 2.91. The number of carbonyl (C=O) groups is 1. The minimum atomic E-state index is -1.36. The van der Waals surface area contributed by atoms with E-state index in [1.165, 1.54) is 30.2 Å². The van der Waals surface area contributed by atoms with Gasteiger partial charge in [0.25, 0.3) is 0 Å². The number of amides is 1. The number of nitrogens with one attached hydrogen (secondary N) is 2. The van der Waals surface area contributed by atoms with Crippen LogP contribution in [-0.2, 0) is 9.53 Å². The number of ether oxygens (including phenoxy) is 1. The number of benzene rings is 1. The van der Waals surface area contributed by atoms with Gasteiger partial charge in [-0.25, -0.2) is 0 Å². The molecule has 5 N–H and O–H groups in total. The molecule has 220 valence electrons. The Bertz CT molecular complexity index is 917. The van der Waals surface area contributed by atoms with Crippen molar-refractivity contribution in [2.75, 3.05) is 32.9 Å². The van der Waals surface area contributed by atoms with Gasteiger partial charge in [0.2, 0.25) is 5.91 Å². The Morgan fingerprint density at radius 2 is 1.95 bits per heavy atom. The van der Waals surface area contributed by atoms with Gasteiger partial charge in [-0.15, -0.1) is 23.5 Å². The van der Waals surface area contributed by atoms with Crippen LogP contribution in [-0.4, -0.2) is 106 Å². The molecule has 0 bridgehead atoms. The molecule has 0 spiro atoms. The predicted molar refractivity (Wildman–Crippen MR) is 158 cm³/mol. The van der Waals surface area contributed by atoms with Crippen molar-refractivity contribution in [3.8, 4) is 0 Å². The number of aliphatic hydroxyl groups excluding tert-OH is 3. The monoisotopic (exact) mass is 581 g/mol. The summed E-state index contributed by atoms with van der Waals surface area (Å²) in [6.45, 7) is 7.18. The van der Waals surface area contributed by atoms with Crippen molar-refractivity contribution in [2.45, 2.75) is 104 Å². The number of likely N-dealkylation sites (tertiary alicyclic amines) is 1. The van der Waals surface area contributed by atoms with Crippen molar-refractivity contribution in [3.05, 3.63) is 29.8 Å². The number of hydrogen-bond donors (Lipinski definition) is 5. The predicted octanol–water partition coefficient (Wildman–Crippen LogP) is 2.41. The fraction of sp³-hybridized carbons (Fsp3) is 0.759. The summed E-state index contributed by atoms with van der Waals surface area (Å²) in [6, 6.07) is 7.83. The summed E-state index contributed by atoms with van der Waals surface area (Å²) < 4.78 is 6.15. The molecule has 8 nitrogen and oxygen atoms in total. The number of aliphatic hydroxyl groups is 3. The van der Waals surface area contributed by atoms with Crippen molar-refractivity contribution in [3.63, 3.8) is 0 Å². The van der Waals surface area contributed by atoms with Crippen LogP contribution in [0, 0.1) is 5.92 Å². The second-order valence-electron chi connectivity index (χ2n) is 11.5. The average Bonchev–Trinajstić information content (AvgIpc) is 3.32. The second kappa shape index (κ2) is 14.4. The summed E-state index contributed by atoms with van der Waals surface area (Å²) in [7, 11) is 1.99. The van der Waals surface area contributed by atoms with Gasteiger partial charge in [-0.3, -0.25) is 9.69 Å². The van der Waals surface area contributed by atoms with E-state index in [0.717, 1.165) is 43.8 Å². The highest BCUT2D eigenvalue weighted by molar-refractivity contribution is 8.00. The highest BCUT2D eigenvalue weighted by atomic mass is 32.2. The fourth-order valence-corrected chi connectivity index (χ4v) is 8.14. The molecule has 1 aromatic rings. The van der Waals surface area contributed by atoms with Gasteiger partial charge in [-0.05, 0) is 75.1 Å². The largest absolute Gasteiger partial charge is 0.388 e. The van der Waals surface area contributed by atoms with E-state index in [9.17, 15) is 20.1 Å². The zero-order valence-corrected chi connectivity index (χ0v) is 25.3. The summed E-state index contributed by atoms with van der Waals surface area (Å²) in [5, 5.41) is 38.6. The van der Waals surface area contributed by atoms with Crippen LogP contribution in [0.25, 0.3) is 0 Å². The molecular weight excluding hydrogens is 534 g/mol. The zero-order valence-electron chi connectivity index (χ0n) is 23.7. The van der Waals surface area contributed by atoms with Crippen LogP contribution in [0.1, 0.15) is 57.4 Å². The maximum Gasteiger partial charge on any atom is 0.237 e. The van der Waals surface area contributed by atoms with Gasteiger partial charge in [0.05, 0.1) is 12.1 Å². The van der Waals surface area contributed by atoms with E-state index in [0.29, 0.717) is 11.8 Å². The molecule has 10 atom stereocenters. The molecule has 3 saturated heterocycles. The van der Waals surface area contributed by atoms with E-state index in [1.807, 2.05) is 14.0 Å². The topological polar surface area (TPSA) is 114 Å². The molecule has 0 saturated carbocycles. The molecule has 2 unspecified atom stereocenters. The maximum atomic E-state index is 13.6. The quantitative estimate of drug-likeness (QED) is 0.266. The van der Waals surface area contributed by atoms with Gasteiger partial charge < -0.3 is 30.7 Å². The van der Waals surface area contributed by atoms with Crippen molar-refractivity contribution in [1.29, 1.82) is 0 Å². The average molecular weight is 582 g/mol. The lowest BCUT2D eigenvalue weighted by Gasteiger charge is -2.44. The summed E-state index contributed by atoms with van der Waals surface area (Å²) in [4.78, 5) is 16.8. The number of nitrogens with zero attached hydrogens (tertiary/aromatic N) is 1. The smallest absolute Gasteiger partial charge is 0.237 e. The SMILES string of the molecule is CCC[C@@H]1C[C@@H](C(=O)NC([C@H]2O[C@H](SC)[C@H](O)[C@@H](O)[C@H]2O)[C@@H](C)Sc2ccc(C3CCCNC3)cc2)N(C)C1. The molecule has 0 radical (unpaired) electrons. The van der Waals surface area contributed by atoms with E-state index < -0.39 is 35.9 Å². The Morgan fingerprint density at radius 1 is 1.21 bits per heavy atom. The lowest BCUT2D eigenvalue weighted by molar-refractivity contribution is -0.205. The highest BCUT2D eigenvalue weighted by Gasteiger charge is 2.48. The van der Waals surface area contributed by atoms with E-state index in [4.69, 9.17) is 4.74 Å². The Morgan fingerprint density at radius 3 is 2.59 bits per heavy atom. The number of thioether (sulfide) groups is 2. The van der Waals surface area contributed by atoms with Gasteiger partial charge in [0, 0.05) is 23.2 Å². The minimum absolute atomic E-state index is 0.0780. The van der Waals surface area contributed by atoms with Crippen LogP contribution in [0.15, 0.2) is 29.2 Å². The fourth-order valence-electron chi connectivity index (χ4n) is 6.36. The van der Waals surface area contributed by atoms with E-state index in [-0.39, 0.29) is 17.2 Å². The molecule has 1 aromatic carbocycles. The molecule has 4 rings (SSSR count). The lowest BCUT2D eigenvalue weighted by atomic mass is 9.92. The number of piperidine rings is 1. The Balaban J connectivity index is 1.51. The first-order valence-corrected chi connectivity index (χ1v) is 16.6. The third kappa shape index (κ3) is 7.52. The maximum absolute atomic E-state index is 13.6. The summed E-state index contributed by atoms with van der Waals surface area (Å²) in [6.07, 6.45) is 2.43. The van der Waals surface area contributed by atoms with Crippen molar-refractivity contribution < 1.29 is 24.9 Å². The number of rotatable bonds is 10. The Hall–Kier alpha value is -0.850. The van der Waals surface area contributed by atoms with E-state index >= 15 is 0 Å². The first-order chi connectivity index (χ1) is 18.7. The van der Waals surface area contributed by atoms with Crippen LogP contribution in [0.5, 0.6) is 0 Å². The van der Waals surface area contributed by atoms with Crippen molar-refractivity contribution >= 4 is 29.4 Å². The standard InChI is InChI=1S/C29H47N3O5S2/c1-5-7-18-14-22(32(3)16-18)28(36)31-23(27-25(34)24(33)26(35)29(37-27)38-4)17(2)39-21-11-9-19(10-12-21)20-8-6-13-30-15-20/h9-12,17-18,20,22-27,29-30,33-35H,5-8,13-16H2,1-4H3,(H,31,36)/t17-,18-,20?,22+,23?,24+,25-,26-,27-,29-/m1/s1. The molecule has 0 aliphatic carbocycles. The molecule has 1 amide bonds. The number of carbonyl (C=O) groups excluding carboxylic acids is 1. The van der Waals surface area contributed by atoms with Crippen LogP contribution in [0.2, 0.25) is 0 Å². The first kappa shape index (κ1) is 31.1. The Kier molecular flexibility index (Phi) is 11.4. The molecule has 3 aliphatic heterocycles. The lowest BCUT2D eigenvalue weighted by Crippen LogP contribution is -2.65. The molecule has 39 heavy (non-hydrogen) atoms. The summed E-state index contributed by atoms with van der Waals surface area (Å²) in [5.74, 6) is 0.948. The van der Waals surface area contributed by atoms with Gasteiger partial charge >= 0.3 is 0 Å². The molecule has 3 fully saturated rings. The number of likely N-dealkylation sites (N-methyl/N-ethyl adjacent to an activating group) is 1. The van der Waals surface area contributed by atoms with Gasteiger partial charge in [0.15, 0.2) is 0 Å². The van der Waals surface area contributed by atoms with Gasteiger partial charge in [-0.2, -0.15) is 0 Å². The Labute approximate surface area is 242 Å². The summed E-state index contributed by atoms with van der Waals surface area (Å²) in [5.41, 5.74) is 0.636. The molecular formula is C29H47N3O5S2. The third-order valence-corrected chi connectivity index (χ3v) is 10.7. The van der Waals surface area contributed by atoms with Crippen molar-refractivity contribution in [2.24, 2.45) is 5.92 Å². The second-order valence-corrected chi connectivity index (χ2v) is 13.9. The van der Waals surface area contributed by atoms with Crippen LogP contribution in [0.3, 0.4) is 0 Å². The van der Waals surface area contributed by atoms with E-state index in [1.54, 1.807) is 18.0 Å². The van der Waals surface area contributed by atoms with E-state index in [2.05, 4.69) is 46.7 Å². The molecule has 3 heterocycles. The minimum Gasteiger partial charge on any atom is -0.388 e. The zero-order chi connectivity index (χ0) is 28.1. The normalized spacial score (nSPS) is 35.5. The molecule has 0 aromatic heterocycles. The van der Waals surface area contributed by atoms with Crippen LogP contribution in [0.4, 0.5) is 0 Å². The van der Waals surface area contributed by atoms with Crippen LogP contribution < -0.4 is 10.6 Å². The molecule has 10 heteroatoms. The number of hydrogen-bond acceptors (Lipinski definition) is 9.